The predicted octanol–water partition coefficient (Wildman–Crippen LogP) is 4.05. The van der Waals surface area contributed by atoms with Crippen LogP contribution in [0.4, 0.5) is 5.69 Å². The van der Waals surface area contributed by atoms with Gasteiger partial charge >= 0.3 is 0 Å². The number of ether oxygens (including phenoxy) is 1. The zero-order chi connectivity index (χ0) is 16.5. The summed E-state index contributed by atoms with van der Waals surface area (Å²) in [5.74, 6) is -0.154. The number of rotatable bonds is 4. The Hall–Kier alpha value is -3.05. The van der Waals surface area contributed by atoms with E-state index in [9.17, 15) is 4.79 Å². The van der Waals surface area contributed by atoms with Crippen LogP contribution >= 0.6 is 0 Å². The minimum absolute atomic E-state index is 0.154. The van der Waals surface area contributed by atoms with Crippen LogP contribution < -0.4 is 5.32 Å². The van der Waals surface area contributed by atoms with Gasteiger partial charge in [-0.25, -0.2) is 0 Å². The molecule has 0 saturated heterocycles. The molecule has 0 radical (unpaired) electrons. The lowest BCUT2D eigenvalue weighted by Gasteiger charge is -2.03. The molecule has 0 atom stereocenters. The number of anilines is 1. The quantitative estimate of drug-likeness (QED) is 0.531. The van der Waals surface area contributed by atoms with Gasteiger partial charge in [0.15, 0.2) is 0 Å². The van der Waals surface area contributed by atoms with Gasteiger partial charge in [-0.3, -0.25) is 4.79 Å². The van der Waals surface area contributed by atoms with Crippen molar-refractivity contribution in [2.45, 2.75) is 6.61 Å². The van der Waals surface area contributed by atoms with Gasteiger partial charge in [0.1, 0.15) is 5.69 Å². The van der Waals surface area contributed by atoms with Gasteiger partial charge in [0.25, 0.3) is 5.91 Å². The van der Waals surface area contributed by atoms with Crippen molar-refractivity contribution in [3.05, 3.63) is 66.0 Å². The summed E-state index contributed by atoms with van der Waals surface area (Å²) in [5.41, 5.74) is 4.28. The number of carbonyl (C=O) groups is 1. The highest BCUT2D eigenvalue weighted by molar-refractivity contribution is 6.06. The first-order chi connectivity index (χ1) is 11.7. The molecular weight excluding hydrogens is 302 g/mol. The molecule has 5 heteroatoms. The van der Waals surface area contributed by atoms with Crippen molar-refractivity contribution in [2.75, 3.05) is 12.4 Å². The van der Waals surface area contributed by atoms with Crippen LogP contribution in [0.25, 0.3) is 21.8 Å². The Bertz CT molecular complexity index is 996. The van der Waals surface area contributed by atoms with Crippen molar-refractivity contribution >= 4 is 33.4 Å². The lowest BCUT2D eigenvalue weighted by atomic mass is 10.2. The second kappa shape index (κ2) is 5.86. The summed E-state index contributed by atoms with van der Waals surface area (Å²) < 4.78 is 5.13. The molecule has 2 aromatic heterocycles. The monoisotopic (exact) mass is 319 g/mol. The molecule has 4 aromatic rings. The van der Waals surface area contributed by atoms with E-state index >= 15 is 0 Å². The first kappa shape index (κ1) is 14.5. The second-order valence-electron chi connectivity index (χ2n) is 5.75. The number of para-hydroxylation sites is 1. The van der Waals surface area contributed by atoms with E-state index in [1.165, 1.54) is 0 Å². The minimum atomic E-state index is -0.154. The normalized spacial score (nSPS) is 11.2. The fourth-order valence-electron chi connectivity index (χ4n) is 2.90. The highest BCUT2D eigenvalue weighted by Gasteiger charge is 2.10. The van der Waals surface area contributed by atoms with Crippen molar-refractivity contribution < 1.29 is 9.53 Å². The summed E-state index contributed by atoms with van der Waals surface area (Å²) in [5, 5.41) is 5.00. The number of carbonyl (C=O) groups excluding carboxylic acids is 1. The molecule has 0 fully saturated rings. The summed E-state index contributed by atoms with van der Waals surface area (Å²) in [4.78, 5) is 18.9. The fourth-order valence-corrected chi connectivity index (χ4v) is 2.90. The number of aromatic amines is 2. The Morgan fingerprint density at radius 1 is 1.00 bits per heavy atom. The number of nitrogens with one attached hydrogen (secondary N) is 3. The lowest BCUT2D eigenvalue weighted by molar-refractivity contribution is 0.102. The Kier molecular flexibility index (Phi) is 3.55. The smallest absolute Gasteiger partial charge is 0.272 e. The number of fused-ring (bicyclic) bond motifs is 2. The van der Waals surface area contributed by atoms with Crippen molar-refractivity contribution in [2.24, 2.45) is 0 Å². The zero-order valence-electron chi connectivity index (χ0n) is 13.2. The topological polar surface area (TPSA) is 69.9 Å². The molecule has 120 valence electrons. The molecule has 0 spiro atoms. The largest absolute Gasteiger partial charge is 0.378 e. The van der Waals surface area contributed by atoms with Gasteiger partial charge in [-0.15, -0.1) is 0 Å². The van der Waals surface area contributed by atoms with E-state index in [4.69, 9.17) is 4.74 Å². The molecule has 1 amide bonds. The Morgan fingerprint density at radius 3 is 2.67 bits per heavy atom. The zero-order valence-corrected chi connectivity index (χ0v) is 13.2. The van der Waals surface area contributed by atoms with Crippen LogP contribution in [-0.2, 0) is 11.3 Å². The van der Waals surface area contributed by atoms with Gasteiger partial charge in [0, 0.05) is 40.3 Å². The molecule has 0 aliphatic heterocycles. The van der Waals surface area contributed by atoms with E-state index in [1.54, 1.807) is 7.11 Å². The van der Waals surface area contributed by atoms with Gasteiger partial charge in [0.2, 0.25) is 0 Å². The standard InChI is InChI=1S/C19H17N3O2/c1-24-11-15-9-13-8-14(6-7-17(13)20-15)21-19(23)18-10-12-4-2-3-5-16(12)22-18/h2-10,20,22H,11H2,1H3,(H,21,23). The highest BCUT2D eigenvalue weighted by atomic mass is 16.5. The van der Waals surface area contributed by atoms with E-state index in [2.05, 4.69) is 15.3 Å². The van der Waals surface area contributed by atoms with E-state index < -0.39 is 0 Å². The predicted molar refractivity (Wildman–Crippen MR) is 95.3 cm³/mol. The first-order valence-electron chi connectivity index (χ1n) is 7.72. The van der Waals surface area contributed by atoms with Gasteiger partial charge in [0.05, 0.1) is 6.61 Å². The number of benzene rings is 2. The molecule has 24 heavy (non-hydrogen) atoms. The van der Waals surface area contributed by atoms with Crippen LogP contribution in [0.1, 0.15) is 16.2 Å². The van der Waals surface area contributed by atoms with Crippen LogP contribution in [0, 0.1) is 0 Å². The molecule has 0 bridgehead atoms. The van der Waals surface area contributed by atoms with Crippen LogP contribution in [0.5, 0.6) is 0 Å². The van der Waals surface area contributed by atoms with Crippen molar-refractivity contribution in [3.63, 3.8) is 0 Å². The highest BCUT2D eigenvalue weighted by Crippen LogP contribution is 2.22. The maximum absolute atomic E-state index is 12.5. The van der Waals surface area contributed by atoms with E-state index in [1.807, 2.05) is 54.6 Å². The van der Waals surface area contributed by atoms with E-state index in [-0.39, 0.29) is 5.91 Å². The van der Waals surface area contributed by atoms with Gasteiger partial charge in [-0.1, -0.05) is 18.2 Å². The molecule has 4 rings (SSSR count). The second-order valence-corrected chi connectivity index (χ2v) is 5.75. The summed E-state index contributed by atoms with van der Waals surface area (Å²) in [6.45, 7) is 0.533. The number of H-pyrrole nitrogens is 2. The summed E-state index contributed by atoms with van der Waals surface area (Å²) >= 11 is 0. The molecular formula is C19H17N3O2. The average molecular weight is 319 g/mol. The van der Waals surface area contributed by atoms with Crippen LogP contribution in [0.3, 0.4) is 0 Å². The number of hydrogen-bond donors (Lipinski definition) is 3. The fraction of sp³-hybridized carbons (Fsp3) is 0.105. The third-order valence-corrected chi connectivity index (χ3v) is 4.01. The van der Waals surface area contributed by atoms with Gasteiger partial charge in [-0.05, 0) is 36.4 Å². The Labute approximate surface area is 138 Å². The molecule has 2 heterocycles. The molecule has 0 unspecified atom stereocenters. The molecule has 5 nitrogen and oxygen atoms in total. The van der Waals surface area contributed by atoms with Crippen molar-refractivity contribution in [3.8, 4) is 0 Å². The third-order valence-electron chi connectivity index (χ3n) is 4.01. The van der Waals surface area contributed by atoms with Crippen molar-refractivity contribution in [1.82, 2.24) is 9.97 Å². The number of methoxy groups -OCH3 is 1. The van der Waals surface area contributed by atoms with E-state index in [0.717, 1.165) is 33.2 Å². The third kappa shape index (κ3) is 2.66. The average Bonchev–Trinajstić information content (AvgIpc) is 3.18. The Morgan fingerprint density at radius 2 is 1.83 bits per heavy atom. The van der Waals surface area contributed by atoms with Gasteiger partial charge in [-0.2, -0.15) is 0 Å². The van der Waals surface area contributed by atoms with Crippen LogP contribution in [0.15, 0.2) is 54.6 Å². The van der Waals surface area contributed by atoms with Crippen molar-refractivity contribution in [1.29, 1.82) is 0 Å². The number of amides is 1. The summed E-state index contributed by atoms with van der Waals surface area (Å²) in [6.07, 6.45) is 0. The van der Waals surface area contributed by atoms with Gasteiger partial charge < -0.3 is 20.0 Å². The lowest BCUT2D eigenvalue weighted by Crippen LogP contribution is -2.11. The first-order valence-corrected chi connectivity index (χ1v) is 7.72. The molecule has 0 aliphatic carbocycles. The van der Waals surface area contributed by atoms with Crippen LogP contribution in [-0.4, -0.2) is 23.0 Å². The summed E-state index contributed by atoms with van der Waals surface area (Å²) in [6, 6.07) is 17.5. The Balaban J connectivity index is 1.59. The number of aromatic nitrogens is 2. The maximum atomic E-state index is 12.5. The SMILES string of the molecule is COCc1cc2cc(NC(=O)c3cc4ccccc4[nH]3)ccc2[nH]1. The minimum Gasteiger partial charge on any atom is -0.378 e. The number of hydrogen-bond acceptors (Lipinski definition) is 2. The molecule has 3 N–H and O–H groups in total. The van der Waals surface area contributed by atoms with E-state index in [0.29, 0.717) is 12.3 Å². The molecule has 0 aliphatic rings. The van der Waals surface area contributed by atoms with Crippen LogP contribution in [0.2, 0.25) is 0 Å². The summed E-state index contributed by atoms with van der Waals surface area (Å²) in [7, 11) is 1.66. The maximum Gasteiger partial charge on any atom is 0.272 e. The molecule has 2 aromatic carbocycles. The molecule has 0 saturated carbocycles.